The molecule has 4 N–H and O–H groups in total. The normalized spacial score (nSPS) is 26.2. The second-order valence-electron chi connectivity index (χ2n) is 6.14. The molecule has 0 aromatic heterocycles. The zero-order valence-electron chi connectivity index (χ0n) is 14.6. The van der Waals surface area contributed by atoms with Crippen LogP contribution in [0.2, 0.25) is 0 Å². The van der Waals surface area contributed by atoms with Crippen molar-refractivity contribution in [1.82, 2.24) is 0 Å². The fourth-order valence-electron chi connectivity index (χ4n) is 2.58. The average Bonchev–Trinajstić information content (AvgIpc) is 2.95. The van der Waals surface area contributed by atoms with Crippen molar-refractivity contribution in [1.29, 1.82) is 0 Å². The van der Waals surface area contributed by atoms with E-state index >= 15 is 0 Å². The lowest BCUT2D eigenvalue weighted by molar-refractivity contribution is 0.0448. The Labute approximate surface area is 145 Å². The van der Waals surface area contributed by atoms with Crippen LogP contribution in [0.25, 0.3) is 0 Å². The van der Waals surface area contributed by atoms with Crippen molar-refractivity contribution in [3.8, 4) is 0 Å². The van der Waals surface area contributed by atoms with Gasteiger partial charge in [0.2, 0.25) is 7.57 Å². The highest BCUT2D eigenvalue weighted by Gasteiger charge is 2.33. The monoisotopic (exact) mass is 385 g/mol. The van der Waals surface area contributed by atoms with Crippen LogP contribution in [0.1, 0.15) is 32.1 Å². The Balaban J connectivity index is 2.33. The van der Waals surface area contributed by atoms with Gasteiger partial charge < -0.3 is 33.8 Å². The highest BCUT2D eigenvalue weighted by atomic mass is 31.2. The van der Waals surface area contributed by atoms with E-state index in [4.69, 9.17) is 24.0 Å². The standard InChI is InChI=1S/C15H33NO6P2/c1-19-24(3,18)22-12-15-14(8-11-20-15)13-23(2,17)21-10-7-5-4-6-9-16/h14-15,17-18H,2-13,16H2,1H3. The first-order valence-corrected chi connectivity index (χ1v) is 12.2. The van der Waals surface area contributed by atoms with E-state index < -0.39 is 14.9 Å². The summed E-state index contributed by atoms with van der Waals surface area (Å²) in [7, 11) is -4.33. The number of ether oxygens (including phenoxy) is 1. The van der Waals surface area contributed by atoms with E-state index in [2.05, 4.69) is 12.6 Å². The SMILES string of the molecule is C=P(O)(CC1CCOC1COP(=C)(O)OC)OCCCCCCN. The molecule has 0 bridgehead atoms. The molecular formula is C15H33NO6P2. The van der Waals surface area contributed by atoms with Crippen molar-refractivity contribution in [2.75, 3.05) is 39.6 Å². The van der Waals surface area contributed by atoms with Crippen molar-refractivity contribution in [3.63, 3.8) is 0 Å². The minimum atomic E-state index is -3.02. The van der Waals surface area contributed by atoms with Crippen LogP contribution < -0.4 is 5.73 Å². The van der Waals surface area contributed by atoms with Crippen LogP contribution in [0.15, 0.2) is 0 Å². The maximum absolute atomic E-state index is 10.5. The molecule has 4 atom stereocenters. The van der Waals surface area contributed by atoms with Gasteiger partial charge in [0.25, 0.3) is 0 Å². The summed E-state index contributed by atoms with van der Waals surface area (Å²) in [5, 5.41) is 0. The van der Waals surface area contributed by atoms with Gasteiger partial charge in [-0.15, -0.1) is 0 Å². The molecule has 0 amide bonds. The molecule has 1 saturated heterocycles. The Morgan fingerprint density at radius 3 is 2.54 bits per heavy atom. The Morgan fingerprint density at radius 1 is 1.17 bits per heavy atom. The minimum absolute atomic E-state index is 0.0925. The van der Waals surface area contributed by atoms with E-state index in [0.29, 0.717) is 25.9 Å². The Kier molecular flexibility index (Phi) is 10.4. The first-order chi connectivity index (χ1) is 11.3. The summed E-state index contributed by atoms with van der Waals surface area (Å²) in [5.41, 5.74) is 5.45. The molecule has 0 aliphatic carbocycles. The van der Waals surface area contributed by atoms with Crippen LogP contribution in [-0.4, -0.2) is 68.1 Å². The van der Waals surface area contributed by atoms with Gasteiger partial charge in [-0.25, -0.2) is 0 Å². The molecule has 0 radical (unpaired) electrons. The molecule has 9 heteroatoms. The molecule has 7 nitrogen and oxygen atoms in total. The minimum Gasteiger partial charge on any atom is -0.375 e. The quantitative estimate of drug-likeness (QED) is 0.329. The summed E-state index contributed by atoms with van der Waals surface area (Å²) in [6.45, 7) is 2.01. The maximum atomic E-state index is 10.5. The smallest absolute Gasteiger partial charge is 0.247 e. The molecule has 1 aliphatic heterocycles. The fourth-order valence-corrected chi connectivity index (χ4v) is 4.79. The zero-order chi connectivity index (χ0) is 18.1. The molecule has 1 heterocycles. The Morgan fingerprint density at radius 2 is 1.88 bits per heavy atom. The van der Waals surface area contributed by atoms with Crippen LogP contribution in [0, 0.1) is 5.92 Å². The third-order valence-corrected chi connectivity index (χ3v) is 6.85. The number of hydrogen-bond acceptors (Lipinski definition) is 7. The molecular weight excluding hydrogens is 352 g/mol. The average molecular weight is 385 g/mol. The van der Waals surface area contributed by atoms with Crippen LogP contribution in [0.5, 0.6) is 0 Å². The maximum Gasteiger partial charge on any atom is 0.247 e. The molecule has 0 saturated carbocycles. The third-order valence-electron chi connectivity index (χ3n) is 4.02. The fraction of sp³-hybridized carbons (Fsp3) is 0.867. The van der Waals surface area contributed by atoms with Crippen LogP contribution in [0.4, 0.5) is 0 Å². The highest BCUT2D eigenvalue weighted by molar-refractivity contribution is 7.63. The van der Waals surface area contributed by atoms with Crippen molar-refractivity contribution >= 4 is 27.5 Å². The van der Waals surface area contributed by atoms with Gasteiger partial charge in [-0.05, 0) is 38.0 Å². The van der Waals surface area contributed by atoms with Crippen molar-refractivity contribution < 1.29 is 28.1 Å². The van der Waals surface area contributed by atoms with Crippen LogP contribution in [0.3, 0.4) is 0 Å². The van der Waals surface area contributed by atoms with E-state index in [0.717, 1.165) is 32.1 Å². The largest absolute Gasteiger partial charge is 0.375 e. The van der Waals surface area contributed by atoms with Gasteiger partial charge in [0.05, 0.1) is 19.3 Å². The van der Waals surface area contributed by atoms with E-state index in [1.54, 1.807) is 0 Å². The van der Waals surface area contributed by atoms with Crippen molar-refractivity contribution in [2.24, 2.45) is 11.7 Å². The highest BCUT2D eigenvalue weighted by Crippen LogP contribution is 2.47. The van der Waals surface area contributed by atoms with Crippen molar-refractivity contribution in [3.05, 3.63) is 0 Å². The zero-order valence-corrected chi connectivity index (χ0v) is 16.4. The van der Waals surface area contributed by atoms with E-state index in [1.807, 2.05) is 0 Å². The molecule has 0 aromatic carbocycles. The predicted molar refractivity (Wildman–Crippen MR) is 102 cm³/mol. The number of hydrogen-bond donors (Lipinski definition) is 3. The molecule has 1 rings (SSSR count). The summed E-state index contributed by atoms with van der Waals surface area (Å²) >= 11 is 0. The van der Waals surface area contributed by atoms with Gasteiger partial charge >= 0.3 is 0 Å². The number of nitrogens with two attached hydrogens (primary N) is 1. The summed E-state index contributed by atoms with van der Waals surface area (Å²) < 4.78 is 21.4. The summed E-state index contributed by atoms with van der Waals surface area (Å²) in [5.74, 6) is 0.0925. The third kappa shape index (κ3) is 9.14. The second kappa shape index (κ2) is 11.1. The molecule has 1 aliphatic rings. The molecule has 1 fully saturated rings. The van der Waals surface area contributed by atoms with Crippen LogP contribution in [-0.2, 0) is 18.3 Å². The van der Waals surface area contributed by atoms with Gasteiger partial charge in [-0.1, -0.05) is 19.1 Å². The molecule has 24 heavy (non-hydrogen) atoms. The molecule has 0 aromatic rings. The van der Waals surface area contributed by atoms with Gasteiger partial charge in [-0.2, -0.15) is 0 Å². The van der Waals surface area contributed by atoms with Gasteiger partial charge in [-0.3, -0.25) is 0 Å². The van der Waals surface area contributed by atoms with E-state index in [1.165, 1.54) is 7.11 Å². The first kappa shape index (κ1) is 22.4. The van der Waals surface area contributed by atoms with Crippen molar-refractivity contribution in [2.45, 2.75) is 38.2 Å². The molecule has 4 unspecified atom stereocenters. The van der Waals surface area contributed by atoms with E-state index in [9.17, 15) is 9.79 Å². The number of rotatable bonds is 13. The lowest BCUT2D eigenvalue weighted by atomic mass is 10.1. The molecule has 0 spiro atoms. The topological polar surface area (TPSA) is 103 Å². The van der Waals surface area contributed by atoms with Gasteiger partial charge in [0, 0.05) is 19.9 Å². The molecule has 144 valence electrons. The summed E-state index contributed by atoms with van der Waals surface area (Å²) in [6.07, 6.45) is 12.5. The summed E-state index contributed by atoms with van der Waals surface area (Å²) in [4.78, 5) is 20.2. The van der Waals surface area contributed by atoms with Gasteiger partial charge in [0.1, 0.15) is 7.34 Å². The van der Waals surface area contributed by atoms with Gasteiger partial charge in [0.15, 0.2) is 0 Å². The Bertz CT molecular complexity index is 448. The van der Waals surface area contributed by atoms with E-state index in [-0.39, 0.29) is 18.6 Å². The van der Waals surface area contributed by atoms with Crippen LogP contribution >= 0.6 is 14.9 Å². The summed E-state index contributed by atoms with van der Waals surface area (Å²) in [6, 6.07) is 0. The Hall–Kier alpha value is 0.320. The number of unbranched alkanes of at least 4 members (excludes halogenated alkanes) is 3. The lowest BCUT2D eigenvalue weighted by Gasteiger charge is -2.26. The first-order valence-electron chi connectivity index (χ1n) is 8.37. The second-order valence-corrected chi connectivity index (χ2v) is 10.4. The predicted octanol–water partition coefficient (Wildman–Crippen LogP) is 2.05. The lowest BCUT2D eigenvalue weighted by Crippen LogP contribution is -2.25.